The Bertz CT molecular complexity index is 724. The summed E-state index contributed by atoms with van der Waals surface area (Å²) in [5.41, 5.74) is 6.20. The van der Waals surface area contributed by atoms with Gasteiger partial charge in [-0.05, 0) is 65.3 Å². The Labute approximate surface area is 179 Å². The van der Waals surface area contributed by atoms with Crippen molar-refractivity contribution in [3.63, 3.8) is 0 Å². The van der Waals surface area contributed by atoms with Crippen LogP contribution in [-0.4, -0.2) is 12.9 Å². The van der Waals surface area contributed by atoms with Crippen LogP contribution in [0.5, 0.6) is 5.75 Å². The molecule has 1 aromatic rings. The maximum atomic E-state index is 6.13. The minimum Gasteiger partial charge on any atom is -0.465 e. The van der Waals surface area contributed by atoms with Gasteiger partial charge in [0.2, 0.25) is 0 Å². The Balaban J connectivity index is 1.62. The number of benzene rings is 1. The number of ether oxygens (including phenoxy) is 2. The summed E-state index contributed by atoms with van der Waals surface area (Å²) in [5.74, 6) is 1.78. The molecule has 29 heavy (non-hydrogen) atoms. The van der Waals surface area contributed by atoms with Gasteiger partial charge < -0.3 is 9.47 Å². The van der Waals surface area contributed by atoms with E-state index in [1.807, 2.05) is 6.92 Å². The highest BCUT2D eigenvalue weighted by Gasteiger charge is 2.34. The third-order valence-electron chi connectivity index (χ3n) is 6.58. The molecule has 0 bridgehead atoms. The van der Waals surface area contributed by atoms with Gasteiger partial charge in [-0.2, -0.15) is 0 Å². The molecule has 2 aliphatic carbocycles. The summed E-state index contributed by atoms with van der Waals surface area (Å²) in [4.78, 5) is 0. The van der Waals surface area contributed by atoms with E-state index < -0.39 is 0 Å². The highest BCUT2D eigenvalue weighted by molar-refractivity contribution is 5.80. The largest absolute Gasteiger partial charge is 0.465 e. The van der Waals surface area contributed by atoms with Gasteiger partial charge in [-0.25, -0.2) is 0 Å². The highest BCUT2D eigenvalue weighted by Crippen LogP contribution is 2.49. The monoisotopic (exact) mass is 398 g/mol. The van der Waals surface area contributed by atoms with Crippen LogP contribution >= 0.6 is 0 Å². The number of allylic oxidation sites excluding steroid dienone is 2. The first kappa shape index (κ1) is 22.4. The molecule has 1 aromatic carbocycles. The molecular weight excluding hydrogens is 356 g/mol. The van der Waals surface area contributed by atoms with Crippen molar-refractivity contribution in [3.05, 3.63) is 34.9 Å². The minimum atomic E-state index is -0.199. The molecule has 2 heteroatoms. The second kappa shape index (κ2) is 8.84. The maximum absolute atomic E-state index is 6.13. The molecule has 0 amide bonds. The van der Waals surface area contributed by atoms with Gasteiger partial charge in [0.05, 0.1) is 6.61 Å². The zero-order valence-electron chi connectivity index (χ0n) is 19.9. The molecule has 162 valence electrons. The van der Waals surface area contributed by atoms with Crippen LogP contribution in [0.2, 0.25) is 0 Å². The third-order valence-corrected chi connectivity index (χ3v) is 6.58. The second-order valence-corrected chi connectivity index (χ2v) is 11.2. The molecule has 0 radical (unpaired) electrons. The maximum Gasteiger partial charge on any atom is 0.196 e. The van der Waals surface area contributed by atoms with E-state index in [1.165, 1.54) is 55.2 Å². The molecule has 0 aromatic heterocycles. The van der Waals surface area contributed by atoms with Crippen LogP contribution in [0.4, 0.5) is 0 Å². The Morgan fingerprint density at radius 1 is 0.966 bits per heavy atom. The molecule has 0 spiro atoms. The van der Waals surface area contributed by atoms with Gasteiger partial charge in [0.15, 0.2) is 6.29 Å². The fourth-order valence-corrected chi connectivity index (χ4v) is 5.07. The zero-order valence-corrected chi connectivity index (χ0v) is 19.9. The van der Waals surface area contributed by atoms with Crippen molar-refractivity contribution >= 4 is 5.57 Å². The Kier molecular flexibility index (Phi) is 6.83. The van der Waals surface area contributed by atoms with Gasteiger partial charge in [0, 0.05) is 0 Å². The lowest BCUT2D eigenvalue weighted by molar-refractivity contribution is -0.0711. The van der Waals surface area contributed by atoms with E-state index in [4.69, 9.17) is 9.47 Å². The van der Waals surface area contributed by atoms with Gasteiger partial charge in [-0.1, -0.05) is 85.3 Å². The SMILES string of the molecule is CC(OCCC1CCCCC1)Oc1ccc2c(c1)CC(C(C)(C)C)=C2C(C)(C)C. The number of hydrogen-bond donors (Lipinski definition) is 0. The first-order valence-corrected chi connectivity index (χ1v) is 11.7. The fourth-order valence-electron chi connectivity index (χ4n) is 5.07. The normalized spacial score (nSPS) is 19.4. The van der Waals surface area contributed by atoms with Crippen LogP contribution in [0.3, 0.4) is 0 Å². The van der Waals surface area contributed by atoms with Crippen LogP contribution in [-0.2, 0) is 11.2 Å². The second-order valence-electron chi connectivity index (χ2n) is 11.2. The molecule has 2 aliphatic rings. The number of rotatable bonds is 6. The molecule has 1 atom stereocenters. The van der Waals surface area contributed by atoms with Gasteiger partial charge in [-0.3, -0.25) is 0 Å². The summed E-state index contributed by atoms with van der Waals surface area (Å²) in [5, 5.41) is 0. The summed E-state index contributed by atoms with van der Waals surface area (Å²) in [6.45, 7) is 16.8. The smallest absolute Gasteiger partial charge is 0.196 e. The summed E-state index contributed by atoms with van der Waals surface area (Å²) in [6, 6.07) is 6.62. The summed E-state index contributed by atoms with van der Waals surface area (Å²) < 4.78 is 12.1. The molecule has 1 saturated carbocycles. The van der Waals surface area contributed by atoms with Crippen molar-refractivity contribution in [3.8, 4) is 5.75 Å². The van der Waals surface area contributed by atoms with E-state index in [0.717, 1.165) is 24.7 Å². The molecule has 0 N–H and O–H groups in total. The quantitative estimate of drug-likeness (QED) is 0.455. The van der Waals surface area contributed by atoms with Crippen molar-refractivity contribution in [2.75, 3.05) is 6.61 Å². The number of fused-ring (bicyclic) bond motifs is 1. The van der Waals surface area contributed by atoms with E-state index in [-0.39, 0.29) is 17.1 Å². The van der Waals surface area contributed by atoms with E-state index in [2.05, 4.69) is 59.7 Å². The molecule has 0 aliphatic heterocycles. The standard InChI is InChI=1S/C27H42O2/c1-19(28-16-15-20-11-9-8-10-12-20)29-22-13-14-23-21(17-22)18-24(26(2,3)4)25(23)27(5,6)7/h13-14,17,19-20H,8-12,15-16,18H2,1-7H3. The molecule has 1 fully saturated rings. The van der Waals surface area contributed by atoms with Gasteiger partial charge >= 0.3 is 0 Å². The van der Waals surface area contributed by atoms with Gasteiger partial charge in [-0.15, -0.1) is 0 Å². The van der Waals surface area contributed by atoms with Gasteiger partial charge in [0.1, 0.15) is 5.75 Å². The lowest BCUT2D eigenvalue weighted by Gasteiger charge is -2.29. The lowest BCUT2D eigenvalue weighted by atomic mass is 9.75. The molecule has 0 saturated heterocycles. The predicted octanol–water partition coefficient (Wildman–Crippen LogP) is 7.80. The fraction of sp³-hybridized carbons (Fsp3) is 0.704. The Morgan fingerprint density at radius 3 is 2.28 bits per heavy atom. The van der Waals surface area contributed by atoms with Crippen LogP contribution in [0, 0.1) is 16.7 Å². The van der Waals surface area contributed by atoms with Crippen LogP contribution in [0.1, 0.15) is 98.1 Å². The predicted molar refractivity (Wildman–Crippen MR) is 123 cm³/mol. The molecule has 2 nitrogen and oxygen atoms in total. The highest BCUT2D eigenvalue weighted by atomic mass is 16.7. The molecular formula is C27H42O2. The number of hydrogen-bond acceptors (Lipinski definition) is 2. The average Bonchev–Trinajstić information content (AvgIpc) is 3.02. The molecule has 0 heterocycles. The van der Waals surface area contributed by atoms with Crippen LogP contribution in [0.15, 0.2) is 23.8 Å². The van der Waals surface area contributed by atoms with E-state index >= 15 is 0 Å². The van der Waals surface area contributed by atoms with Crippen molar-refractivity contribution < 1.29 is 9.47 Å². The lowest BCUT2D eigenvalue weighted by Crippen LogP contribution is -2.19. The first-order valence-electron chi connectivity index (χ1n) is 11.7. The van der Waals surface area contributed by atoms with Crippen molar-refractivity contribution in [1.29, 1.82) is 0 Å². The summed E-state index contributed by atoms with van der Waals surface area (Å²) in [6.07, 6.45) is 8.96. The Hall–Kier alpha value is -1.28. The van der Waals surface area contributed by atoms with E-state index in [1.54, 1.807) is 5.57 Å². The van der Waals surface area contributed by atoms with Crippen molar-refractivity contribution in [2.45, 2.75) is 99.7 Å². The Morgan fingerprint density at radius 2 is 1.66 bits per heavy atom. The zero-order chi connectivity index (χ0) is 21.2. The third kappa shape index (κ3) is 5.66. The molecule has 1 unspecified atom stereocenters. The van der Waals surface area contributed by atoms with Crippen LogP contribution in [0.25, 0.3) is 5.57 Å². The first-order chi connectivity index (χ1) is 13.6. The van der Waals surface area contributed by atoms with E-state index in [9.17, 15) is 0 Å². The van der Waals surface area contributed by atoms with Crippen molar-refractivity contribution in [1.82, 2.24) is 0 Å². The van der Waals surface area contributed by atoms with Crippen LogP contribution < -0.4 is 4.74 Å². The van der Waals surface area contributed by atoms with Gasteiger partial charge in [0.25, 0.3) is 0 Å². The van der Waals surface area contributed by atoms with Crippen molar-refractivity contribution in [2.24, 2.45) is 16.7 Å². The summed E-state index contributed by atoms with van der Waals surface area (Å²) >= 11 is 0. The topological polar surface area (TPSA) is 18.5 Å². The summed E-state index contributed by atoms with van der Waals surface area (Å²) in [7, 11) is 0. The average molecular weight is 399 g/mol. The molecule has 3 rings (SSSR count). The minimum absolute atomic E-state index is 0.145. The van der Waals surface area contributed by atoms with E-state index in [0.29, 0.717) is 0 Å².